The highest BCUT2D eigenvalue weighted by molar-refractivity contribution is 7.11. The van der Waals surface area contributed by atoms with Crippen LogP contribution in [0, 0.1) is 0 Å². The molecule has 0 spiro atoms. The SMILES string of the molecule is O=C(c1cc(-c2ccccc2)on1)N1CCC(N2CCC(Oc3nccs3)CC2)CC1. The van der Waals surface area contributed by atoms with Gasteiger partial charge in [0.05, 0.1) is 0 Å². The summed E-state index contributed by atoms with van der Waals surface area (Å²) in [6.07, 6.45) is 6.08. The van der Waals surface area contributed by atoms with E-state index in [4.69, 9.17) is 9.26 Å². The molecule has 0 atom stereocenters. The van der Waals surface area contributed by atoms with Gasteiger partial charge in [0, 0.05) is 55.4 Å². The van der Waals surface area contributed by atoms with Crippen molar-refractivity contribution in [2.24, 2.45) is 0 Å². The number of nitrogens with zero attached hydrogens (tertiary/aromatic N) is 4. The molecular formula is C23H26N4O3S. The summed E-state index contributed by atoms with van der Waals surface area (Å²) < 4.78 is 11.4. The Morgan fingerprint density at radius 1 is 1.06 bits per heavy atom. The maximum atomic E-state index is 12.9. The van der Waals surface area contributed by atoms with Gasteiger partial charge in [-0.05, 0) is 25.7 Å². The lowest BCUT2D eigenvalue weighted by atomic mass is 9.98. The number of likely N-dealkylation sites (tertiary alicyclic amines) is 2. The van der Waals surface area contributed by atoms with Gasteiger partial charge in [0.2, 0.25) is 0 Å². The van der Waals surface area contributed by atoms with Crippen molar-refractivity contribution in [3.8, 4) is 16.5 Å². The first-order chi connectivity index (χ1) is 15.3. The Kier molecular flexibility index (Phi) is 5.99. The molecule has 0 saturated carbocycles. The number of amides is 1. The zero-order valence-corrected chi connectivity index (χ0v) is 18.2. The second-order valence-corrected chi connectivity index (χ2v) is 8.97. The highest BCUT2D eigenvalue weighted by atomic mass is 32.1. The molecule has 5 rings (SSSR count). The first-order valence-electron chi connectivity index (χ1n) is 10.9. The standard InChI is InChI=1S/C23H26N4O3S/c28-22(20-16-21(30-25-20)17-4-2-1-3-5-17)27-11-6-18(7-12-27)26-13-8-19(9-14-26)29-23-24-10-15-31-23/h1-5,10,15-16,18-19H,6-9,11-14H2. The van der Waals surface area contributed by atoms with Crippen molar-refractivity contribution in [1.29, 1.82) is 0 Å². The molecular weight excluding hydrogens is 412 g/mol. The molecule has 162 valence electrons. The number of hydrogen-bond acceptors (Lipinski definition) is 7. The van der Waals surface area contributed by atoms with E-state index in [-0.39, 0.29) is 12.0 Å². The van der Waals surface area contributed by atoms with Crippen LogP contribution in [0.2, 0.25) is 0 Å². The van der Waals surface area contributed by atoms with Crippen molar-refractivity contribution in [2.45, 2.75) is 37.8 Å². The number of carbonyl (C=O) groups is 1. The van der Waals surface area contributed by atoms with E-state index in [1.165, 1.54) is 0 Å². The van der Waals surface area contributed by atoms with Crippen molar-refractivity contribution >= 4 is 17.2 Å². The van der Waals surface area contributed by atoms with Gasteiger partial charge in [0.1, 0.15) is 6.10 Å². The number of thiazole rings is 1. The van der Waals surface area contributed by atoms with Gasteiger partial charge in [-0.25, -0.2) is 4.98 Å². The Balaban J connectivity index is 1.11. The first kappa shape index (κ1) is 20.2. The third kappa shape index (κ3) is 4.65. The molecule has 0 unspecified atom stereocenters. The number of piperidine rings is 2. The quantitative estimate of drug-likeness (QED) is 0.601. The predicted molar refractivity (Wildman–Crippen MR) is 118 cm³/mol. The van der Waals surface area contributed by atoms with Crippen LogP contribution in [0.4, 0.5) is 0 Å². The Labute approximate surface area is 185 Å². The third-order valence-corrected chi connectivity index (χ3v) is 6.87. The van der Waals surface area contributed by atoms with E-state index in [0.717, 1.165) is 62.6 Å². The summed E-state index contributed by atoms with van der Waals surface area (Å²) in [5.74, 6) is 0.585. The second kappa shape index (κ2) is 9.20. The van der Waals surface area contributed by atoms with E-state index in [9.17, 15) is 4.79 Å². The monoisotopic (exact) mass is 438 g/mol. The number of hydrogen-bond donors (Lipinski definition) is 0. The van der Waals surface area contributed by atoms with Gasteiger partial charge in [-0.1, -0.05) is 46.8 Å². The van der Waals surface area contributed by atoms with E-state index in [1.54, 1.807) is 23.6 Å². The fourth-order valence-electron chi connectivity index (χ4n) is 4.48. The largest absolute Gasteiger partial charge is 0.467 e. The molecule has 2 aliphatic heterocycles. The molecule has 3 aromatic rings. The maximum absolute atomic E-state index is 12.9. The molecule has 2 aliphatic rings. The van der Waals surface area contributed by atoms with Crippen LogP contribution in [0.15, 0.2) is 52.5 Å². The fraction of sp³-hybridized carbons (Fsp3) is 0.435. The topological polar surface area (TPSA) is 71.7 Å². The molecule has 1 aromatic carbocycles. The lowest BCUT2D eigenvalue weighted by Crippen LogP contribution is -2.50. The van der Waals surface area contributed by atoms with Crippen LogP contribution in [-0.4, -0.2) is 64.2 Å². The van der Waals surface area contributed by atoms with Gasteiger partial charge >= 0.3 is 0 Å². The minimum Gasteiger partial charge on any atom is -0.467 e. The van der Waals surface area contributed by atoms with E-state index < -0.39 is 0 Å². The van der Waals surface area contributed by atoms with Crippen LogP contribution in [0.5, 0.6) is 5.19 Å². The van der Waals surface area contributed by atoms with Crippen LogP contribution in [0.1, 0.15) is 36.2 Å². The molecule has 0 radical (unpaired) electrons. The smallest absolute Gasteiger partial charge is 0.276 e. The molecule has 7 nitrogen and oxygen atoms in total. The van der Waals surface area contributed by atoms with E-state index >= 15 is 0 Å². The fourth-order valence-corrected chi connectivity index (χ4v) is 5.03. The lowest BCUT2D eigenvalue weighted by Gasteiger charge is -2.41. The third-order valence-electron chi connectivity index (χ3n) is 6.21. The summed E-state index contributed by atoms with van der Waals surface area (Å²) in [7, 11) is 0. The van der Waals surface area contributed by atoms with Gasteiger partial charge in [0.15, 0.2) is 11.5 Å². The Morgan fingerprint density at radius 3 is 2.55 bits per heavy atom. The second-order valence-electron chi connectivity index (χ2n) is 8.12. The number of carbonyl (C=O) groups excluding carboxylic acids is 1. The van der Waals surface area contributed by atoms with E-state index in [2.05, 4.69) is 15.0 Å². The number of benzene rings is 1. The molecule has 2 fully saturated rings. The molecule has 31 heavy (non-hydrogen) atoms. The number of aromatic nitrogens is 2. The minimum absolute atomic E-state index is 0.0417. The van der Waals surface area contributed by atoms with Gasteiger partial charge in [0.25, 0.3) is 11.1 Å². The zero-order chi connectivity index (χ0) is 21.0. The average Bonchev–Trinajstić information content (AvgIpc) is 3.52. The van der Waals surface area contributed by atoms with Crippen molar-refractivity contribution in [1.82, 2.24) is 19.9 Å². The van der Waals surface area contributed by atoms with Crippen LogP contribution in [0.25, 0.3) is 11.3 Å². The predicted octanol–water partition coefficient (Wildman–Crippen LogP) is 3.95. The van der Waals surface area contributed by atoms with Crippen molar-refractivity contribution in [2.75, 3.05) is 26.2 Å². The van der Waals surface area contributed by atoms with Crippen LogP contribution >= 0.6 is 11.3 Å². The van der Waals surface area contributed by atoms with Crippen LogP contribution in [0.3, 0.4) is 0 Å². The molecule has 1 amide bonds. The molecule has 0 bridgehead atoms. The van der Waals surface area contributed by atoms with Gasteiger partial charge in [-0.3, -0.25) is 9.69 Å². The molecule has 8 heteroatoms. The molecule has 2 saturated heterocycles. The van der Waals surface area contributed by atoms with Crippen molar-refractivity contribution in [3.63, 3.8) is 0 Å². The van der Waals surface area contributed by atoms with Crippen molar-refractivity contribution in [3.05, 3.63) is 53.7 Å². The average molecular weight is 439 g/mol. The molecule has 0 N–H and O–H groups in total. The highest BCUT2D eigenvalue weighted by Crippen LogP contribution is 2.26. The minimum atomic E-state index is -0.0417. The Hall–Kier alpha value is -2.71. The first-order valence-corrected chi connectivity index (χ1v) is 11.8. The zero-order valence-electron chi connectivity index (χ0n) is 17.4. The summed E-state index contributed by atoms with van der Waals surface area (Å²) in [5, 5.41) is 6.74. The number of rotatable bonds is 5. The van der Waals surface area contributed by atoms with Gasteiger partial charge < -0.3 is 14.2 Å². The van der Waals surface area contributed by atoms with Crippen LogP contribution < -0.4 is 4.74 Å². The summed E-state index contributed by atoms with van der Waals surface area (Å²) in [6, 6.07) is 12.0. The molecule has 2 aromatic heterocycles. The lowest BCUT2D eigenvalue weighted by molar-refractivity contribution is 0.0420. The maximum Gasteiger partial charge on any atom is 0.276 e. The highest BCUT2D eigenvalue weighted by Gasteiger charge is 2.31. The normalized spacial score (nSPS) is 18.9. The summed E-state index contributed by atoms with van der Waals surface area (Å²) in [6.45, 7) is 3.59. The Bertz CT molecular complexity index is 975. The van der Waals surface area contributed by atoms with Gasteiger partial charge in [-0.15, -0.1) is 0 Å². The summed E-state index contributed by atoms with van der Waals surface area (Å²) >= 11 is 1.55. The Morgan fingerprint density at radius 2 is 1.84 bits per heavy atom. The van der Waals surface area contributed by atoms with Gasteiger partial charge in [-0.2, -0.15) is 0 Å². The van der Waals surface area contributed by atoms with E-state index in [1.807, 2.05) is 40.6 Å². The van der Waals surface area contributed by atoms with Crippen LogP contribution in [-0.2, 0) is 0 Å². The van der Waals surface area contributed by atoms with E-state index in [0.29, 0.717) is 17.5 Å². The summed E-state index contributed by atoms with van der Waals surface area (Å²) in [5.41, 5.74) is 1.31. The summed E-state index contributed by atoms with van der Waals surface area (Å²) in [4.78, 5) is 21.6. The number of ether oxygens (including phenoxy) is 1. The molecule has 0 aliphatic carbocycles. The van der Waals surface area contributed by atoms with Crippen molar-refractivity contribution < 1.29 is 14.1 Å². The molecule has 4 heterocycles.